The second-order valence-electron chi connectivity index (χ2n) is 6.15. The van der Waals surface area contributed by atoms with E-state index in [9.17, 15) is 9.59 Å². The molecule has 7 nitrogen and oxygen atoms in total. The Morgan fingerprint density at radius 1 is 1.36 bits per heavy atom. The largest absolute Gasteiger partial charge is 0.497 e. The molecule has 0 unspecified atom stereocenters. The standard InChI is InChI=1S/C19H22N4O3S2/c1-23-15-5-4-13(26-2)10-12(15)11-16(23)18(25)21-14(6-8-27-3)17(24)22-19-20-7-9-28-19/h4-5,7,9-11,14H,6,8H2,1-3H3,(H,21,25)(H,20,22,24)/t14-/m1/s1. The SMILES string of the molecule is COc1ccc2c(c1)cc(C(=O)N[C@H](CCSC)C(=O)Nc1nccs1)n2C. The molecular weight excluding hydrogens is 396 g/mol. The van der Waals surface area contributed by atoms with Crippen molar-refractivity contribution in [3.05, 3.63) is 41.5 Å². The summed E-state index contributed by atoms with van der Waals surface area (Å²) in [4.78, 5) is 29.6. The number of thioether (sulfide) groups is 1. The Morgan fingerprint density at radius 2 is 2.18 bits per heavy atom. The minimum atomic E-state index is -0.642. The van der Waals surface area contributed by atoms with Crippen molar-refractivity contribution in [2.45, 2.75) is 12.5 Å². The normalized spacial score (nSPS) is 12.0. The van der Waals surface area contributed by atoms with Gasteiger partial charge in [0.15, 0.2) is 5.13 Å². The van der Waals surface area contributed by atoms with E-state index in [1.54, 1.807) is 36.5 Å². The number of nitrogens with one attached hydrogen (secondary N) is 2. The average molecular weight is 419 g/mol. The van der Waals surface area contributed by atoms with Gasteiger partial charge in [-0.25, -0.2) is 4.98 Å². The second kappa shape index (κ2) is 9.11. The monoisotopic (exact) mass is 418 g/mol. The van der Waals surface area contributed by atoms with Crippen molar-refractivity contribution in [2.75, 3.05) is 24.4 Å². The van der Waals surface area contributed by atoms with Gasteiger partial charge in [-0.3, -0.25) is 9.59 Å². The number of carbonyl (C=O) groups is 2. The third kappa shape index (κ3) is 4.48. The summed E-state index contributed by atoms with van der Waals surface area (Å²) in [6.07, 6.45) is 4.12. The lowest BCUT2D eigenvalue weighted by Crippen LogP contribution is -2.44. The predicted octanol–water partition coefficient (Wildman–Crippen LogP) is 3.13. The first kappa shape index (κ1) is 20.2. The number of benzene rings is 1. The Morgan fingerprint density at radius 3 is 2.86 bits per heavy atom. The van der Waals surface area contributed by atoms with Crippen LogP contribution in [0.3, 0.4) is 0 Å². The third-order valence-electron chi connectivity index (χ3n) is 4.38. The molecule has 0 saturated carbocycles. The smallest absolute Gasteiger partial charge is 0.268 e. The summed E-state index contributed by atoms with van der Waals surface area (Å²) in [5.74, 6) is 0.921. The van der Waals surface area contributed by atoms with Crippen molar-refractivity contribution in [1.29, 1.82) is 0 Å². The van der Waals surface area contributed by atoms with E-state index in [4.69, 9.17) is 4.74 Å². The summed E-state index contributed by atoms with van der Waals surface area (Å²) in [7, 11) is 3.44. The number of fused-ring (bicyclic) bond motifs is 1. The van der Waals surface area contributed by atoms with Crippen LogP contribution in [-0.4, -0.2) is 46.5 Å². The van der Waals surface area contributed by atoms with Crippen LogP contribution in [0.2, 0.25) is 0 Å². The molecule has 2 amide bonds. The maximum absolute atomic E-state index is 12.9. The van der Waals surface area contributed by atoms with Crippen LogP contribution in [-0.2, 0) is 11.8 Å². The Bertz CT molecular complexity index is 969. The second-order valence-corrected chi connectivity index (χ2v) is 8.03. The topological polar surface area (TPSA) is 85.2 Å². The number of thiazole rings is 1. The van der Waals surface area contributed by atoms with Gasteiger partial charge in [-0.2, -0.15) is 11.8 Å². The summed E-state index contributed by atoms with van der Waals surface area (Å²) in [5, 5.41) is 8.84. The van der Waals surface area contributed by atoms with Crippen LogP contribution in [0.5, 0.6) is 5.75 Å². The third-order valence-corrected chi connectivity index (χ3v) is 5.71. The summed E-state index contributed by atoms with van der Waals surface area (Å²) in [6.45, 7) is 0. The number of aryl methyl sites for hydroxylation is 1. The van der Waals surface area contributed by atoms with E-state index in [1.165, 1.54) is 11.3 Å². The molecule has 28 heavy (non-hydrogen) atoms. The highest BCUT2D eigenvalue weighted by molar-refractivity contribution is 7.98. The number of methoxy groups -OCH3 is 1. The number of aromatic nitrogens is 2. The molecule has 0 radical (unpaired) electrons. The van der Waals surface area contributed by atoms with Crippen molar-refractivity contribution in [1.82, 2.24) is 14.9 Å². The van der Waals surface area contributed by atoms with Gasteiger partial charge in [0.25, 0.3) is 5.91 Å². The van der Waals surface area contributed by atoms with Gasteiger partial charge < -0.3 is 19.9 Å². The van der Waals surface area contributed by atoms with Crippen molar-refractivity contribution in [3.8, 4) is 5.75 Å². The van der Waals surface area contributed by atoms with Gasteiger partial charge in [-0.15, -0.1) is 11.3 Å². The van der Waals surface area contributed by atoms with E-state index >= 15 is 0 Å². The van der Waals surface area contributed by atoms with Crippen LogP contribution in [0.1, 0.15) is 16.9 Å². The quantitative estimate of drug-likeness (QED) is 0.587. The first-order valence-electron chi connectivity index (χ1n) is 8.67. The van der Waals surface area contributed by atoms with Gasteiger partial charge in [0.05, 0.1) is 7.11 Å². The molecule has 0 spiro atoms. The lowest BCUT2D eigenvalue weighted by atomic mass is 10.2. The number of ether oxygens (including phenoxy) is 1. The minimum Gasteiger partial charge on any atom is -0.497 e. The molecule has 0 aliphatic heterocycles. The first-order chi connectivity index (χ1) is 13.5. The Balaban J connectivity index is 1.79. The Labute approximate surface area is 171 Å². The van der Waals surface area contributed by atoms with Gasteiger partial charge in [0.1, 0.15) is 17.5 Å². The zero-order valence-electron chi connectivity index (χ0n) is 15.9. The molecule has 1 atom stereocenters. The molecule has 0 fully saturated rings. The maximum atomic E-state index is 12.9. The predicted molar refractivity (Wildman–Crippen MR) is 114 cm³/mol. The number of hydrogen-bond donors (Lipinski definition) is 2. The number of carbonyl (C=O) groups excluding carboxylic acids is 2. The van der Waals surface area contributed by atoms with Crippen molar-refractivity contribution in [2.24, 2.45) is 7.05 Å². The fourth-order valence-corrected chi connectivity index (χ4v) is 3.89. The molecule has 2 heterocycles. The molecule has 2 aromatic heterocycles. The van der Waals surface area contributed by atoms with E-state index in [0.29, 0.717) is 17.2 Å². The first-order valence-corrected chi connectivity index (χ1v) is 10.9. The van der Waals surface area contributed by atoms with Crippen molar-refractivity contribution >= 4 is 50.9 Å². The fraction of sp³-hybridized carbons (Fsp3) is 0.316. The number of rotatable bonds is 8. The lowest BCUT2D eigenvalue weighted by molar-refractivity contribution is -0.118. The van der Waals surface area contributed by atoms with Crippen LogP contribution in [0.4, 0.5) is 5.13 Å². The van der Waals surface area contributed by atoms with Crippen LogP contribution in [0.25, 0.3) is 10.9 Å². The summed E-state index contributed by atoms with van der Waals surface area (Å²) in [6, 6.07) is 6.80. The highest BCUT2D eigenvalue weighted by Crippen LogP contribution is 2.24. The number of hydrogen-bond acceptors (Lipinski definition) is 6. The zero-order chi connectivity index (χ0) is 20.1. The van der Waals surface area contributed by atoms with Crippen molar-refractivity contribution < 1.29 is 14.3 Å². The molecule has 3 aromatic rings. The minimum absolute atomic E-state index is 0.266. The van der Waals surface area contributed by atoms with Crippen LogP contribution >= 0.6 is 23.1 Å². The van der Waals surface area contributed by atoms with Crippen LogP contribution < -0.4 is 15.4 Å². The molecule has 0 aliphatic carbocycles. The number of anilines is 1. The Hall–Kier alpha value is -2.52. The number of amides is 2. The molecule has 0 bridgehead atoms. The maximum Gasteiger partial charge on any atom is 0.268 e. The van der Waals surface area contributed by atoms with Gasteiger partial charge >= 0.3 is 0 Å². The highest BCUT2D eigenvalue weighted by Gasteiger charge is 2.23. The van der Waals surface area contributed by atoms with Gasteiger partial charge in [0, 0.05) is 29.5 Å². The molecule has 9 heteroatoms. The zero-order valence-corrected chi connectivity index (χ0v) is 17.5. The molecule has 2 N–H and O–H groups in total. The van der Waals surface area contributed by atoms with Gasteiger partial charge in [-0.1, -0.05) is 0 Å². The summed E-state index contributed by atoms with van der Waals surface area (Å²) < 4.78 is 7.07. The summed E-state index contributed by atoms with van der Waals surface area (Å²) >= 11 is 2.97. The van der Waals surface area contributed by atoms with Gasteiger partial charge in [-0.05, 0) is 42.7 Å². The lowest BCUT2D eigenvalue weighted by Gasteiger charge is -2.17. The highest BCUT2D eigenvalue weighted by atomic mass is 32.2. The average Bonchev–Trinajstić information content (AvgIpc) is 3.32. The van der Waals surface area contributed by atoms with E-state index in [1.807, 2.05) is 36.1 Å². The number of nitrogens with zero attached hydrogens (tertiary/aromatic N) is 2. The van der Waals surface area contributed by atoms with Crippen molar-refractivity contribution in [3.63, 3.8) is 0 Å². The molecule has 148 valence electrons. The van der Waals surface area contributed by atoms with Crippen LogP contribution in [0, 0.1) is 0 Å². The van der Waals surface area contributed by atoms with E-state index in [0.717, 1.165) is 22.4 Å². The molecular formula is C19H22N4O3S2. The summed E-state index contributed by atoms with van der Waals surface area (Å²) in [5.41, 5.74) is 1.40. The van der Waals surface area contributed by atoms with Crippen LogP contribution in [0.15, 0.2) is 35.8 Å². The Kier molecular flexibility index (Phi) is 6.58. The molecule has 0 aliphatic rings. The molecule has 3 rings (SSSR count). The van der Waals surface area contributed by atoms with E-state index < -0.39 is 6.04 Å². The molecule has 1 aromatic carbocycles. The van der Waals surface area contributed by atoms with E-state index in [2.05, 4.69) is 15.6 Å². The molecule has 0 saturated heterocycles. The van der Waals surface area contributed by atoms with Gasteiger partial charge in [0.2, 0.25) is 5.91 Å². The van der Waals surface area contributed by atoms with E-state index in [-0.39, 0.29) is 11.8 Å². The fourth-order valence-electron chi connectivity index (χ4n) is 2.89.